The van der Waals surface area contributed by atoms with E-state index in [1.807, 2.05) is 38.3 Å². The summed E-state index contributed by atoms with van der Waals surface area (Å²) in [5.74, 6) is 0.487. The van der Waals surface area contributed by atoms with E-state index in [1.54, 1.807) is 0 Å². The summed E-state index contributed by atoms with van der Waals surface area (Å²) < 4.78 is 5.55. The van der Waals surface area contributed by atoms with Crippen LogP contribution in [0.5, 0.6) is 0 Å². The van der Waals surface area contributed by atoms with Crippen LogP contribution in [0.25, 0.3) is 22.5 Å². The molecule has 1 amide bonds. The quantitative estimate of drug-likeness (QED) is 0.710. The van der Waals surface area contributed by atoms with Gasteiger partial charge in [-0.3, -0.25) is 4.79 Å². The molecule has 1 aromatic carbocycles. The fourth-order valence-electron chi connectivity index (χ4n) is 2.72. The second-order valence-corrected chi connectivity index (χ2v) is 6.58. The monoisotopic (exact) mass is 314 g/mol. The first-order chi connectivity index (χ1) is 10.5. The van der Waals surface area contributed by atoms with Crippen molar-refractivity contribution in [3.8, 4) is 11.6 Å². The summed E-state index contributed by atoms with van der Waals surface area (Å²) in [5, 5.41) is 12.5. The molecule has 4 rings (SSSR count). The fourth-order valence-corrected chi connectivity index (χ4v) is 3.00. The van der Waals surface area contributed by atoms with Crippen LogP contribution in [0.2, 0.25) is 0 Å². The first-order valence-electron chi connectivity index (χ1n) is 6.85. The number of aromatic amines is 1. The van der Waals surface area contributed by atoms with Gasteiger partial charge in [-0.05, 0) is 43.9 Å². The Morgan fingerprint density at radius 3 is 2.77 bits per heavy atom. The highest BCUT2D eigenvalue weighted by Crippen LogP contribution is 2.40. The average molecular weight is 314 g/mol. The molecule has 0 radical (unpaired) electrons. The zero-order chi connectivity index (χ0) is 15.5. The van der Waals surface area contributed by atoms with E-state index < -0.39 is 5.41 Å². The number of aromatic nitrogens is 3. The Balaban J connectivity index is 1.85. The third-order valence-corrected chi connectivity index (χ3v) is 4.57. The number of hydrogen-bond acceptors (Lipinski definition) is 5. The first kappa shape index (κ1) is 13.4. The van der Waals surface area contributed by atoms with Crippen LogP contribution >= 0.6 is 11.8 Å². The Kier molecular flexibility index (Phi) is 2.65. The number of fused-ring (bicyclic) bond motifs is 2. The van der Waals surface area contributed by atoms with Crippen LogP contribution in [0.1, 0.15) is 19.4 Å². The number of carbonyl (C=O) groups is 1. The normalized spacial score (nSPS) is 16.0. The number of thioether (sulfide) groups is 1. The highest BCUT2D eigenvalue weighted by molar-refractivity contribution is 7.98. The van der Waals surface area contributed by atoms with E-state index in [0.717, 1.165) is 27.8 Å². The molecule has 6 nitrogen and oxygen atoms in total. The molecule has 0 spiro atoms. The van der Waals surface area contributed by atoms with Crippen molar-refractivity contribution in [3.63, 3.8) is 0 Å². The molecule has 1 aliphatic rings. The van der Waals surface area contributed by atoms with Gasteiger partial charge in [0.1, 0.15) is 5.69 Å². The number of carbonyl (C=O) groups excluding carboxylic acids is 1. The number of anilines is 1. The molecule has 22 heavy (non-hydrogen) atoms. The van der Waals surface area contributed by atoms with Crippen molar-refractivity contribution < 1.29 is 9.21 Å². The van der Waals surface area contributed by atoms with Gasteiger partial charge in [-0.2, -0.15) is 0 Å². The molecule has 0 unspecified atom stereocenters. The summed E-state index contributed by atoms with van der Waals surface area (Å²) in [5.41, 5.74) is 3.04. The van der Waals surface area contributed by atoms with Gasteiger partial charge in [-0.15, -0.1) is 10.2 Å². The standard InChI is InChI=1S/C15H14N4O2S/c1-15(2)8-4-7-5-11(12-18-19-14(21-12)22-3)16-9(7)6-10(8)17-13(15)20/h4-6,16H,1-3H3,(H,17,20). The molecule has 0 saturated carbocycles. The van der Waals surface area contributed by atoms with Gasteiger partial charge >= 0.3 is 0 Å². The van der Waals surface area contributed by atoms with Gasteiger partial charge in [-0.25, -0.2) is 0 Å². The second-order valence-electron chi connectivity index (χ2n) is 5.82. The van der Waals surface area contributed by atoms with Crippen molar-refractivity contribution in [1.29, 1.82) is 0 Å². The number of H-pyrrole nitrogens is 1. The number of nitrogens with one attached hydrogen (secondary N) is 2. The Morgan fingerprint density at radius 1 is 1.23 bits per heavy atom. The molecule has 112 valence electrons. The molecule has 0 bridgehead atoms. The first-order valence-corrected chi connectivity index (χ1v) is 8.08. The minimum Gasteiger partial charge on any atom is -0.410 e. The Labute approximate surface area is 130 Å². The van der Waals surface area contributed by atoms with Crippen molar-refractivity contribution >= 4 is 34.3 Å². The molecule has 2 aromatic heterocycles. The van der Waals surface area contributed by atoms with Gasteiger partial charge in [0.25, 0.3) is 11.1 Å². The smallest absolute Gasteiger partial charge is 0.276 e. The lowest BCUT2D eigenvalue weighted by molar-refractivity contribution is -0.119. The molecule has 0 atom stereocenters. The van der Waals surface area contributed by atoms with Gasteiger partial charge in [0.15, 0.2) is 0 Å². The molecule has 0 saturated heterocycles. The van der Waals surface area contributed by atoms with Crippen molar-refractivity contribution in [1.82, 2.24) is 15.2 Å². The molecule has 7 heteroatoms. The Morgan fingerprint density at radius 2 is 2.05 bits per heavy atom. The summed E-state index contributed by atoms with van der Waals surface area (Å²) in [6.07, 6.45) is 1.89. The van der Waals surface area contributed by atoms with Gasteiger partial charge in [0.05, 0.1) is 5.41 Å². The minimum atomic E-state index is -0.516. The van der Waals surface area contributed by atoms with E-state index in [2.05, 4.69) is 20.5 Å². The predicted octanol–water partition coefficient (Wildman–Crippen LogP) is 3.17. The highest BCUT2D eigenvalue weighted by Gasteiger charge is 2.38. The lowest BCUT2D eigenvalue weighted by Crippen LogP contribution is -2.26. The van der Waals surface area contributed by atoms with E-state index in [0.29, 0.717) is 11.1 Å². The van der Waals surface area contributed by atoms with Crippen molar-refractivity contribution in [2.24, 2.45) is 0 Å². The summed E-state index contributed by atoms with van der Waals surface area (Å²) in [7, 11) is 0. The highest BCUT2D eigenvalue weighted by atomic mass is 32.2. The lowest BCUT2D eigenvalue weighted by Gasteiger charge is -2.14. The summed E-state index contributed by atoms with van der Waals surface area (Å²) in [4.78, 5) is 15.3. The zero-order valence-electron chi connectivity index (χ0n) is 12.4. The lowest BCUT2D eigenvalue weighted by atomic mass is 9.86. The molecular formula is C15H14N4O2S. The van der Waals surface area contributed by atoms with Gasteiger partial charge in [0.2, 0.25) is 5.91 Å². The zero-order valence-corrected chi connectivity index (χ0v) is 13.2. The molecule has 1 aliphatic heterocycles. The van der Waals surface area contributed by atoms with Crippen LogP contribution in [-0.4, -0.2) is 27.3 Å². The summed E-state index contributed by atoms with van der Waals surface area (Å²) >= 11 is 1.41. The van der Waals surface area contributed by atoms with E-state index in [4.69, 9.17) is 4.42 Å². The SMILES string of the molecule is CSc1nnc(-c2cc3cc4c(cc3[nH]2)NC(=O)C4(C)C)o1. The largest absolute Gasteiger partial charge is 0.410 e. The molecule has 3 heterocycles. The van der Waals surface area contributed by atoms with E-state index in [1.165, 1.54) is 11.8 Å². The number of rotatable bonds is 2. The number of hydrogen-bond donors (Lipinski definition) is 2. The Bertz CT molecular complexity index is 910. The van der Waals surface area contributed by atoms with Crippen LogP contribution in [0.3, 0.4) is 0 Å². The molecule has 0 fully saturated rings. The molecule has 3 aromatic rings. The van der Waals surface area contributed by atoms with Crippen molar-refractivity contribution in [2.75, 3.05) is 11.6 Å². The van der Waals surface area contributed by atoms with E-state index in [9.17, 15) is 4.79 Å². The van der Waals surface area contributed by atoms with E-state index >= 15 is 0 Å². The predicted molar refractivity (Wildman–Crippen MR) is 85.0 cm³/mol. The minimum absolute atomic E-state index is 0.0249. The maximum atomic E-state index is 12.0. The van der Waals surface area contributed by atoms with Gasteiger partial charge < -0.3 is 14.7 Å². The van der Waals surface area contributed by atoms with Crippen LogP contribution in [0, 0.1) is 0 Å². The summed E-state index contributed by atoms with van der Waals surface area (Å²) in [6, 6.07) is 5.95. The van der Waals surface area contributed by atoms with Crippen molar-refractivity contribution in [2.45, 2.75) is 24.5 Å². The third kappa shape index (κ3) is 1.78. The topological polar surface area (TPSA) is 83.8 Å². The average Bonchev–Trinajstić information content (AvgIpc) is 3.15. The molecule has 0 aliphatic carbocycles. The molecule has 2 N–H and O–H groups in total. The van der Waals surface area contributed by atoms with Crippen LogP contribution in [0.15, 0.2) is 27.8 Å². The maximum Gasteiger partial charge on any atom is 0.276 e. The van der Waals surface area contributed by atoms with E-state index in [-0.39, 0.29) is 5.91 Å². The number of amides is 1. The van der Waals surface area contributed by atoms with Crippen LogP contribution in [-0.2, 0) is 10.2 Å². The van der Waals surface area contributed by atoms with Crippen LogP contribution in [0.4, 0.5) is 5.69 Å². The number of benzene rings is 1. The van der Waals surface area contributed by atoms with Crippen LogP contribution < -0.4 is 5.32 Å². The van der Waals surface area contributed by atoms with Gasteiger partial charge in [0, 0.05) is 16.6 Å². The third-order valence-electron chi connectivity index (χ3n) is 4.06. The van der Waals surface area contributed by atoms with Gasteiger partial charge in [-0.1, -0.05) is 11.8 Å². The molecular weight excluding hydrogens is 300 g/mol. The fraction of sp³-hybridized carbons (Fsp3) is 0.267. The maximum absolute atomic E-state index is 12.0. The van der Waals surface area contributed by atoms with Crippen molar-refractivity contribution in [3.05, 3.63) is 23.8 Å². The Hall–Kier alpha value is -2.28. The summed E-state index contributed by atoms with van der Waals surface area (Å²) in [6.45, 7) is 3.85. The second kappa shape index (κ2) is 4.36. The number of nitrogens with zero attached hydrogens (tertiary/aromatic N) is 2.